The summed E-state index contributed by atoms with van der Waals surface area (Å²) in [4.78, 5) is 24.9. The standard InChI is InChI=1S/C21H19BrO7/c1-25-9-10-27-18(23)12-28-21-19(24)14-5-3-4-6-16(14)29-20(21)13-7-8-17(26-2)15(22)11-13/h3-8,11H,9-10,12H2,1-2H3. The van der Waals surface area contributed by atoms with Gasteiger partial charge in [0, 0.05) is 12.7 Å². The van der Waals surface area contributed by atoms with Crippen LogP contribution < -0.4 is 14.9 Å². The summed E-state index contributed by atoms with van der Waals surface area (Å²) in [5, 5.41) is 0.353. The number of halogens is 1. The molecular weight excluding hydrogens is 444 g/mol. The van der Waals surface area contributed by atoms with E-state index in [1.807, 2.05) is 0 Å². The van der Waals surface area contributed by atoms with Crippen molar-refractivity contribution < 1.29 is 28.2 Å². The lowest BCUT2D eigenvalue weighted by molar-refractivity contribution is -0.147. The molecule has 29 heavy (non-hydrogen) atoms. The summed E-state index contributed by atoms with van der Waals surface area (Å²) < 4.78 is 27.2. The highest BCUT2D eigenvalue weighted by Gasteiger charge is 2.20. The number of ether oxygens (including phenoxy) is 4. The minimum Gasteiger partial charge on any atom is -0.496 e. The second kappa shape index (κ2) is 9.58. The monoisotopic (exact) mass is 462 g/mol. The van der Waals surface area contributed by atoms with Crippen LogP contribution >= 0.6 is 15.9 Å². The molecule has 0 aliphatic carbocycles. The van der Waals surface area contributed by atoms with E-state index in [9.17, 15) is 9.59 Å². The number of para-hydroxylation sites is 1. The van der Waals surface area contributed by atoms with E-state index >= 15 is 0 Å². The van der Waals surface area contributed by atoms with Gasteiger partial charge in [0.05, 0.1) is 23.6 Å². The fourth-order valence-corrected chi connectivity index (χ4v) is 3.21. The summed E-state index contributed by atoms with van der Waals surface area (Å²) >= 11 is 3.42. The van der Waals surface area contributed by atoms with Crippen molar-refractivity contribution in [3.63, 3.8) is 0 Å². The molecule has 0 radical (unpaired) electrons. The number of carbonyl (C=O) groups is 1. The van der Waals surface area contributed by atoms with E-state index in [0.29, 0.717) is 26.8 Å². The molecule has 8 heteroatoms. The highest BCUT2D eigenvalue weighted by atomic mass is 79.9. The lowest BCUT2D eigenvalue weighted by Gasteiger charge is -2.12. The Morgan fingerprint density at radius 3 is 2.62 bits per heavy atom. The predicted octanol–water partition coefficient (Wildman–Crippen LogP) is 3.80. The van der Waals surface area contributed by atoms with Gasteiger partial charge in [-0.05, 0) is 46.3 Å². The van der Waals surface area contributed by atoms with Gasteiger partial charge in [0.25, 0.3) is 0 Å². The molecule has 3 rings (SSSR count). The van der Waals surface area contributed by atoms with Gasteiger partial charge in [0.1, 0.15) is 17.9 Å². The van der Waals surface area contributed by atoms with Crippen molar-refractivity contribution in [3.8, 4) is 22.8 Å². The largest absolute Gasteiger partial charge is 0.496 e. The Morgan fingerprint density at radius 1 is 1.10 bits per heavy atom. The average molecular weight is 463 g/mol. The molecule has 0 bridgehead atoms. The van der Waals surface area contributed by atoms with Crippen LogP contribution in [0.3, 0.4) is 0 Å². The molecule has 0 saturated heterocycles. The Bertz CT molecular complexity index is 1070. The molecule has 152 valence electrons. The number of hydrogen-bond acceptors (Lipinski definition) is 7. The third kappa shape index (κ3) is 4.78. The summed E-state index contributed by atoms with van der Waals surface area (Å²) in [5.74, 6) is 0.156. The molecule has 1 heterocycles. The van der Waals surface area contributed by atoms with Gasteiger partial charge in [-0.15, -0.1) is 0 Å². The Balaban J connectivity index is 2.01. The first-order valence-corrected chi connectivity index (χ1v) is 9.51. The third-order valence-electron chi connectivity index (χ3n) is 4.06. The molecule has 0 fully saturated rings. The summed E-state index contributed by atoms with van der Waals surface area (Å²) in [7, 11) is 3.06. The summed E-state index contributed by atoms with van der Waals surface area (Å²) in [5.41, 5.74) is 0.622. The van der Waals surface area contributed by atoms with Gasteiger partial charge in [-0.2, -0.15) is 0 Å². The van der Waals surface area contributed by atoms with Crippen molar-refractivity contribution in [2.24, 2.45) is 0 Å². The van der Waals surface area contributed by atoms with E-state index in [1.165, 1.54) is 7.11 Å². The van der Waals surface area contributed by atoms with Crippen molar-refractivity contribution in [3.05, 3.63) is 57.2 Å². The van der Waals surface area contributed by atoms with Gasteiger partial charge in [-0.25, -0.2) is 4.79 Å². The smallest absolute Gasteiger partial charge is 0.344 e. The van der Waals surface area contributed by atoms with E-state index in [-0.39, 0.29) is 30.2 Å². The van der Waals surface area contributed by atoms with E-state index in [2.05, 4.69) is 15.9 Å². The van der Waals surface area contributed by atoms with Crippen LogP contribution in [0.15, 0.2) is 56.1 Å². The topological polar surface area (TPSA) is 84.2 Å². The number of hydrogen-bond donors (Lipinski definition) is 0. The zero-order valence-corrected chi connectivity index (χ0v) is 17.5. The van der Waals surface area contributed by atoms with Crippen LogP contribution in [-0.4, -0.2) is 40.0 Å². The number of fused-ring (bicyclic) bond motifs is 1. The van der Waals surface area contributed by atoms with Crippen LogP contribution in [0.1, 0.15) is 0 Å². The summed E-state index contributed by atoms with van der Waals surface area (Å²) in [6.45, 7) is -0.0601. The molecule has 0 N–H and O–H groups in total. The number of carbonyl (C=O) groups excluding carboxylic acids is 1. The first-order valence-electron chi connectivity index (χ1n) is 8.72. The van der Waals surface area contributed by atoms with E-state index < -0.39 is 12.6 Å². The molecule has 0 aliphatic rings. The van der Waals surface area contributed by atoms with Crippen LogP contribution in [0, 0.1) is 0 Å². The minimum absolute atomic E-state index is 0.0653. The second-order valence-corrected chi connectivity index (χ2v) is 6.79. The molecular formula is C21H19BrO7. The van der Waals surface area contributed by atoms with Crippen molar-refractivity contribution in [2.45, 2.75) is 0 Å². The van der Waals surface area contributed by atoms with Crippen molar-refractivity contribution in [2.75, 3.05) is 34.0 Å². The number of benzene rings is 2. The molecule has 0 unspecified atom stereocenters. The van der Waals surface area contributed by atoms with Crippen LogP contribution in [0.5, 0.6) is 11.5 Å². The number of esters is 1. The molecule has 0 saturated carbocycles. The second-order valence-electron chi connectivity index (χ2n) is 5.94. The average Bonchev–Trinajstić information content (AvgIpc) is 2.73. The highest BCUT2D eigenvalue weighted by Crippen LogP contribution is 2.35. The van der Waals surface area contributed by atoms with Crippen LogP contribution in [0.4, 0.5) is 0 Å². The van der Waals surface area contributed by atoms with Gasteiger partial charge >= 0.3 is 5.97 Å². The van der Waals surface area contributed by atoms with Crippen LogP contribution in [0.25, 0.3) is 22.3 Å². The Labute approximate surface area is 175 Å². The molecule has 0 amide bonds. The van der Waals surface area contributed by atoms with Gasteiger partial charge in [0.2, 0.25) is 11.2 Å². The van der Waals surface area contributed by atoms with Crippen LogP contribution in [-0.2, 0) is 14.3 Å². The van der Waals surface area contributed by atoms with Crippen LogP contribution in [0.2, 0.25) is 0 Å². The minimum atomic E-state index is -0.614. The molecule has 0 atom stereocenters. The Morgan fingerprint density at radius 2 is 1.90 bits per heavy atom. The van der Waals surface area contributed by atoms with Crippen molar-refractivity contribution >= 4 is 32.9 Å². The molecule has 2 aromatic carbocycles. The maximum atomic E-state index is 13.0. The van der Waals surface area contributed by atoms with E-state index in [0.717, 1.165) is 0 Å². The first-order chi connectivity index (χ1) is 14.0. The normalized spacial score (nSPS) is 10.7. The van der Waals surface area contributed by atoms with Crippen molar-refractivity contribution in [1.29, 1.82) is 0 Å². The van der Waals surface area contributed by atoms with Crippen molar-refractivity contribution in [1.82, 2.24) is 0 Å². The molecule has 0 spiro atoms. The number of methoxy groups -OCH3 is 2. The Kier molecular flexibility index (Phi) is 6.90. The van der Waals surface area contributed by atoms with Gasteiger partial charge in [-0.1, -0.05) is 12.1 Å². The Hall–Kier alpha value is -2.84. The zero-order chi connectivity index (χ0) is 20.8. The summed E-state index contributed by atoms with van der Waals surface area (Å²) in [6.07, 6.45) is 0. The zero-order valence-electron chi connectivity index (χ0n) is 15.9. The van der Waals surface area contributed by atoms with Gasteiger partial charge < -0.3 is 23.4 Å². The highest BCUT2D eigenvalue weighted by molar-refractivity contribution is 9.10. The molecule has 3 aromatic rings. The quantitative estimate of drug-likeness (QED) is 0.371. The maximum Gasteiger partial charge on any atom is 0.344 e. The van der Waals surface area contributed by atoms with E-state index in [4.69, 9.17) is 23.4 Å². The third-order valence-corrected chi connectivity index (χ3v) is 4.67. The number of rotatable bonds is 8. The fraction of sp³-hybridized carbons (Fsp3) is 0.238. The first kappa shape index (κ1) is 20.9. The molecule has 1 aromatic heterocycles. The van der Waals surface area contributed by atoms with E-state index in [1.54, 1.807) is 49.6 Å². The molecule has 7 nitrogen and oxygen atoms in total. The van der Waals surface area contributed by atoms with Gasteiger partial charge in [-0.3, -0.25) is 4.79 Å². The lowest BCUT2D eigenvalue weighted by atomic mass is 10.1. The fourth-order valence-electron chi connectivity index (χ4n) is 2.67. The SMILES string of the molecule is COCCOC(=O)COc1c(-c2ccc(OC)c(Br)c2)oc2ccccc2c1=O. The van der Waals surface area contributed by atoms with Gasteiger partial charge in [0.15, 0.2) is 12.4 Å². The predicted molar refractivity (Wildman–Crippen MR) is 111 cm³/mol. The maximum absolute atomic E-state index is 13.0. The lowest BCUT2D eigenvalue weighted by Crippen LogP contribution is -2.20. The summed E-state index contributed by atoms with van der Waals surface area (Å²) in [6, 6.07) is 12.0. The molecule has 0 aliphatic heterocycles.